The Kier molecular flexibility index (Phi) is 11.2. The lowest BCUT2D eigenvalue weighted by Crippen LogP contribution is -2.55. The van der Waals surface area contributed by atoms with Crippen LogP contribution >= 0.6 is 11.8 Å². The molecule has 0 unspecified atom stereocenters. The van der Waals surface area contributed by atoms with Crippen LogP contribution in [0, 0.1) is 17.6 Å². The van der Waals surface area contributed by atoms with Gasteiger partial charge < -0.3 is 24.2 Å². The van der Waals surface area contributed by atoms with E-state index in [1.807, 2.05) is 30.3 Å². The van der Waals surface area contributed by atoms with Crippen LogP contribution in [0.3, 0.4) is 0 Å². The van der Waals surface area contributed by atoms with Crippen LogP contribution in [0.25, 0.3) is 22.0 Å². The minimum Gasteiger partial charge on any atom is -0.445 e. The maximum Gasteiger partial charge on any atom is 0.417 e. The number of amides is 2. The number of halogens is 5. The maximum absolute atomic E-state index is 15.5. The summed E-state index contributed by atoms with van der Waals surface area (Å²) in [4.78, 5) is 49.5. The van der Waals surface area contributed by atoms with Crippen LogP contribution in [-0.4, -0.2) is 81.7 Å². The van der Waals surface area contributed by atoms with Crippen molar-refractivity contribution in [3.63, 3.8) is 0 Å². The molecule has 57 heavy (non-hydrogen) atoms. The van der Waals surface area contributed by atoms with Crippen LogP contribution < -0.4 is 10.6 Å². The SMILES string of the molecule is C[C@H]1CN(C(=O)OC(C)(C)C)CCN1c1nc(=O)n2c3c(c(-c4ccc(F)cc4F)c(C(F)(F)F)cc13)SC[C@@H]2CC1CCN(C(=O)OCc2ccccc2)CC1. The number of carbonyl (C=O) groups is 2. The topological polar surface area (TPSA) is 97.2 Å². The number of carbonyl (C=O) groups excluding carboxylic acids is 2. The monoisotopic (exact) mass is 813 g/mol. The number of piperazine rings is 1. The molecule has 0 bridgehead atoms. The molecule has 1 aromatic heterocycles. The first kappa shape index (κ1) is 40.3. The van der Waals surface area contributed by atoms with E-state index in [0.717, 1.165) is 35.5 Å². The molecule has 0 spiro atoms. The smallest absolute Gasteiger partial charge is 0.417 e. The van der Waals surface area contributed by atoms with Crippen LogP contribution in [0.5, 0.6) is 0 Å². The summed E-state index contributed by atoms with van der Waals surface area (Å²) in [5.74, 6) is -1.80. The van der Waals surface area contributed by atoms with E-state index in [4.69, 9.17) is 9.47 Å². The second-order valence-corrected chi connectivity index (χ2v) is 16.9. The number of nitrogens with zero attached hydrogens (tertiary/aromatic N) is 5. The minimum atomic E-state index is -4.96. The number of likely N-dealkylation sites (tertiary alicyclic amines) is 1. The first-order chi connectivity index (χ1) is 27.0. The molecule has 2 amide bonds. The molecule has 16 heteroatoms. The van der Waals surface area contributed by atoms with E-state index in [-0.39, 0.29) is 59.5 Å². The Labute approximate surface area is 330 Å². The largest absolute Gasteiger partial charge is 0.445 e. The number of ether oxygens (including phenoxy) is 2. The number of rotatable bonds is 6. The molecule has 2 atom stereocenters. The molecule has 10 nitrogen and oxygen atoms in total. The number of hydrogen-bond donors (Lipinski definition) is 0. The predicted molar refractivity (Wildman–Crippen MR) is 206 cm³/mol. The van der Waals surface area contributed by atoms with Gasteiger partial charge in [-0.3, -0.25) is 4.57 Å². The predicted octanol–water partition coefficient (Wildman–Crippen LogP) is 8.89. The lowest BCUT2D eigenvalue weighted by atomic mass is 9.90. The number of aromatic nitrogens is 2. The van der Waals surface area contributed by atoms with E-state index in [1.165, 1.54) is 9.47 Å². The highest BCUT2D eigenvalue weighted by Crippen LogP contribution is 2.51. The van der Waals surface area contributed by atoms with Gasteiger partial charge in [0.05, 0.1) is 11.1 Å². The van der Waals surface area contributed by atoms with Crippen LogP contribution in [0.4, 0.5) is 37.4 Å². The molecule has 4 heterocycles. The fourth-order valence-electron chi connectivity index (χ4n) is 7.98. The fourth-order valence-corrected chi connectivity index (χ4v) is 9.33. The highest BCUT2D eigenvalue weighted by atomic mass is 32.2. The zero-order valence-corrected chi connectivity index (χ0v) is 32.9. The quantitative estimate of drug-likeness (QED) is 0.178. The number of thioether (sulfide) groups is 1. The van der Waals surface area contributed by atoms with Crippen molar-refractivity contribution in [2.24, 2.45) is 5.92 Å². The van der Waals surface area contributed by atoms with Gasteiger partial charge in [0, 0.05) is 78.0 Å². The van der Waals surface area contributed by atoms with Gasteiger partial charge in [0.1, 0.15) is 29.7 Å². The van der Waals surface area contributed by atoms with Gasteiger partial charge in [-0.1, -0.05) is 30.3 Å². The Morgan fingerprint density at radius 2 is 1.65 bits per heavy atom. The Morgan fingerprint density at radius 1 is 0.930 bits per heavy atom. The first-order valence-corrected chi connectivity index (χ1v) is 20.0. The summed E-state index contributed by atoms with van der Waals surface area (Å²) in [6, 6.07) is 11.8. The van der Waals surface area contributed by atoms with Gasteiger partial charge in [-0.2, -0.15) is 18.2 Å². The summed E-state index contributed by atoms with van der Waals surface area (Å²) in [6.45, 7) is 8.54. The van der Waals surface area contributed by atoms with Crippen molar-refractivity contribution >= 4 is 40.7 Å². The number of benzene rings is 3. The van der Waals surface area contributed by atoms with Crippen molar-refractivity contribution in [2.45, 2.75) is 82.3 Å². The molecule has 3 aromatic carbocycles. The van der Waals surface area contributed by atoms with Crippen molar-refractivity contribution in [3.8, 4) is 11.1 Å². The van der Waals surface area contributed by atoms with E-state index in [1.54, 1.807) is 37.5 Å². The molecule has 7 rings (SSSR count). The van der Waals surface area contributed by atoms with E-state index < -0.39 is 70.1 Å². The molecular weight excluding hydrogens is 770 g/mol. The van der Waals surface area contributed by atoms with Gasteiger partial charge >= 0.3 is 24.1 Å². The Balaban J connectivity index is 1.24. The van der Waals surface area contributed by atoms with Gasteiger partial charge in [-0.15, -0.1) is 11.8 Å². The average Bonchev–Trinajstić information content (AvgIpc) is 3.15. The molecule has 3 aliphatic rings. The summed E-state index contributed by atoms with van der Waals surface area (Å²) in [5.41, 5.74) is -2.38. The first-order valence-electron chi connectivity index (χ1n) is 19.0. The summed E-state index contributed by atoms with van der Waals surface area (Å²) in [6.07, 6.45) is -4.18. The van der Waals surface area contributed by atoms with E-state index in [9.17, 15) is 18.8 Å². The molecule has 2 fully saturated rings. The third kappa shape index (κ3) is 8.56. The lowest BCUT2D eigenvalue weighted by Gasteiger charge is -2.41. The van der Waals surface area contributed by atoms with E-state index in [0.29, 0.717) is 38.4 Å². The Bertz CT molecular complexity index is 2220. The zero-order valence-electron chi connectivity index (χ0n) is 32.1. The van der Waals surface area contributed by atoms with Crippen molar-refractivity contribution in [2.75, 3.05) is 43.4 Å². The van der Waals surface area contributed by atoms with Crippen LogP contribution in [0.15, 0.2) is 64.3 Å². The number of alkyl halides is 3. The van der Waals surface area contributed by atoms with E-state index >= 15 is 17.6 Å². The minimum absolute atomic E-state index is 0.0315. The third-order valence-corrected chi connectivity index (χ3v) is 11.9. The highest BCUT2D eigenvalue weighted by Gasteiger charge is 2.41. The van der Waals surface area contributed by atoms with Crippen molar-refractivity contribution in [1.29, 1.82) is 0 Å². The summed E-state index contributed by atoms with van der Waals surface area (Å²) < 4.78 is 87.4. The average molecular weight is 814 g/mol. The molecule has 2 saturated heterocycles. The molecule has 3 aliphatic heterocycles. The van der Waals surface area contributed by atoms with Gasteiger partial charge in [0.2, 0.25) is 0 Å². The van der Waals surface area contributed by atoms with Gasteiger partial charge in [-0.25, -0.2) is 23.2 Å². The molecule has 304 valence electrons. The number of piperidine rings is 1. The van der Waals surface area contributed by atoms with Gasteiger partial charge in [0.25, 0.3) is 0 Å². The standard InChI is InChI=1S/C41H44F5N5O5S/c1-24-21-49(39(54)56-40(2,3)4)16-17-50(24)36-30-20-31(41(44,45)46)33(29-11-10-27(42)19-32(29)43)35-34(30)51(37(52)47-36)28(23-57-35)18-25-12-14-48(15-13-25)38(53)55-22-26-8-6-5-7-9-26/h5-11,19-20,24-25,28H,12-18,21-23H2,1-4H3/t24-,28-/m0/s1. The van der Waals surface area contributed by atoms with Crippen molar-refractivity contribution in [3.05, 3.63) is 87.8 Å². The number of anilines is 1. The van der Waals surface area contributed by atoms with Crippen LogP contribution in [0.2, 0.25) is 0 Å². The van der Waals surface area contributed by atoms with Crippen molar-refractivity contribution < 1.29 is 41.0 Å². The second kappa shape index (κ2) is 15.8. The summed E-state index contributed by atoms with van der Waals surface area (Å²) in [7, 11) is 0. The zero-order chi connectivity index (χ0) is 40.8. The van der Waals surface area contributed by atoms with E-state index in [2.05, 4.69) is 4.98 Å². The lowest BCUT2D eigenvalue weighted by molar-refractivity contribution is -0.137. The molecule has 0 aliphatic carbocycles. The summed E-state index contributed by atoms with van der Waals surface area (Å²) in [5, 5.41) is 0.0638. The maximum atomic E-state index is 15.5. The van der Waals surface area contributed by atoms with Crippen molar-refractivity contribution in [1.82, 2.24) is 19.4 Å². The molecular formula is C41H44F5N5O5S. The fraction of sp³-hybridized carbons (Fsp3) is 0.463. The molecule has 0 N–H and O–H groups in total. The van der Waals surface area contributed by atoms with Crippen LogP contribution in [0.1, 0.15) is 64.1 Å². The third-order valence-electron chi connectivity index (χ3n) is 10.7. The van der Waals surface area contributed by atoms with Gasteiger partial charge in [0.15, 0.2) is 0 Å². The Morgan fingerprint density at radius 3 is 2.30 bits per heavy atom. The highest BCUT2D eigenvalue weighted by molar-refractivity contribution is 7.99. The van der Waals surface area contributed by atoms with Crippen LogP contribution in [-0.2, 0) is 22.3 Å². The molecule has 4 aromatic rings. The Hall–Kier alpha value is -4.86. The molecule has 0 radical (unpaired) electrons. The normalized spacial score (nSPS) is 19.2. The molecule has 0 saturated carbocycles. The second-order valence-electron chi connectivity index (χ2n) is 15.9. The number of hydrogen-bond acceptors (Lipinski definition) is 8. The van der Waals surface area contributed by atoms with Gasteiger partial charge in [-0.05, 0) is 76.6 Å². The summed E-state index contributed by atoms with van der Waals surface area (Å²) >= 11 is 1.11.